The highest BCUT2D eigenvalue weighted by Crippen LogP contribution is 2.35. The van der Waals surface area contributed by atoms with Crippen molar-refractivity contribution in [3.8, 4) is 0 Å². The molecule has 1 heteroatoms. The van der Waals surface area contributed by atoms with Gasteiger partial charge in [0, 0.05) is 6.04 Å². The van der Waals surface area contributed by atoms with Gasteiger partial charge in [-0.2, -0.15) is 0 Å². The van der Waals surface area contributed by atoms with Gasteiger partial charge in [-0.1, -0.05) is 62.4 Å². The molecule has 0 aliphatic heterocycles. The molecule has 1 aliphatic rings. The monoisotopic (exact) mass is 273 g/mol. The summed E-state index contributed by atoms with van der Waals surface area (Å²) in [4.78, 5) is 0. The summed E-state index contributed by atoms with van der Waals surface area (Å²) < 4.78 is 0. The molecule has 1 aliphatic carbocycles. The minimum absolute atomic E-state index is 0.696. The van der Waals surface area contributed by atoms with Gasteiger partial charge in [0.15, 0.2) is 0 Å². The lowest BCUT2D eigenvalue weighted by molar-refractivity contribution is 0.174. The lowest BCUT2D eigenvalue weighted by Gasteiger charge is -2.37. The molecule has 1 N–H and O–H groups in total. The smallest absolute Gasteiger partial charge is 0.00981 e. The van der Waals surface area contributed by atoms with Crippen LogP contribution in [0.3, 0.4) is 0 Å². The van der Waals surface area contributed by atoms with Crippen molar-refractivity contribution in [2.45, 2.75) is 64.8 Å². The fraction of sp³-hybridized carbons (Fsp3) is 0.684. The first kappa shape index (κ1) is 15.6. The number of hydrogen-bond acceptors (Lipinski definition) is 1. The molecule has 0 bridgehead atoms. The Morgan fingerprint density at radius 3 is 2.50 bits per heavy atom. The summed E-state index contributed by atoms with van der Waals surface area (Å²) >= 11 is 0. The normalized spacial score (nSPS) is 24.6. The Hall–Kier alpha value is -0.820. The molecule has 0 spiro atoms. The van der Waals surface area contributed by atoms with Crippen LogP contribution in [-0.4, -0.2) is 13.1 Å². The van der Waals surface area contributed by atoms with E-state index in [-0.39, 0.29) is 0 Å². The summed E-state index contributed by atoms with van der Waals surface area (Å²) in [5.74, 6) is 1.84. The van der Waals surface area contributed by atoms with Gasteiger partial charge >= 0.3 is 0 Å². The second-order valence-electron chi connectivity index (χ2n) is 6.54. The zero-order valence-electron chi connectivity index (χ0n) is 13.5. The number of aryl methyl sites for hydroxylation is 2. The maximum absolute atomic E-state index is 3.62. The standard InChI is InChI=1S/C19H31N/c1-4-17-7-5-6-8-18(17)19(20-3)14-13-16-11-9-15(2)10-12-16/h9-12,17-20H,4-8,13-14H2,1-3H3. The van der Waals surface area contributed by atoms with Crippen molar-refractivity contribution in [3.05, 3.63) is 35.4 Å². The summed E-state index contributed by atoms with van der Waals surface area (Å²) in [5.41, 5.74) is 2.84. The Morgan fingerprint density at radius 1 is 1.15 bits per heavy atom. The van der Waals surface area contributed by atoms with Gasteiger partial charge in [-0.15, -0.1) is 0 Å². The van der Waals surface area contributed by atoms with Gasteiger partial charge < -0.3 is 5.32 Å². The topological polar surface area (TPSA) is 12.0 Å². The zero-order chi connectivity index (χ0) is 14.4. The summed E-state index contributed by atoms with van der Waals surface area (Å²) in [6.45, 7) is 4.53. The van der Waals surface area contributed by atoms with Crippen LogP contribution in [0.1, 0.15) is 56.6 Å². The Bertz CT molecular complexity index is 381. The van der Waals surface area contributed by atoms with Crippen LogP contribution < -0.4 is 5.32 Å². The molecule has 1 nitrogen and oxygen atoms in total. The fourth-order valence-electron chi connectivity index (χ4n) is 3.92. The molecule has 20 heavy (non-hydrogen) atoms. The van der Waals surface area contributed by atoms with E-state index in [9.17, 15) is 0 Å². The molecule has 0 heterocycles. The third-order valence-corrected chi connectivity index (χ3v) is 5.24. The molecule has 2 rings (SSSR count). The van der Waals surface area contributed by atoms with Gasteiger partial charge in [-0.25, -0.2) is 0 Å². The molecular weight excluding hydrogens is 242 g/mol. The number of hydrogen-bond donors (Lipinski definition) is 1. The molecule has 0 saturated heterocycles. The molecule has 0 radical (unpaired) electrons. The first-order valence-corrected chi connectivity index (χ1v) is 8.47. The lowest BCUT2D eigenvalue weighted by Crippen LogP contribution is -2.39. The number of nitrogens with one attached hydrogen (secondary N) is 1. The average molecular weight is 273 g/mol. The van der Waals surface area contributed by atoms with Crippen LogP contribution >= 0.6 is 0 Å². The van der Waals surface area contributed by atoms with E-state index in [1.807, 2.05) is 0 Å². The van der Waals surface area contributed by atoms with Crippen LogP contribution in [0.25, 0.3) is 0 Å². The maximum Gasteiger partial charge on any atom is 0.00981 e. The predicted molar refractivity (Wildman–Crippen MR) is 88.1 cm³/mol. The molecule has 0 amide bonds. The van der Waals surface area contributed by atoms with Crippen LogP contribution in [0, 0.1) is 18.8 Å². The van der Waals surface area contributed by atoms with E-state index in [4.69, 9.17) is 0 Å². The van der Waals surface area contributed by atoms with Crippen LogP contribution in [0.2, 0.25) is 0 Å². The third kappa shape index (κ3) is 4.09. The second-order valence-corrected chi connectivity index (χ2v) is 6.54. The van der Waals surface area contributed by atoms with Gasteiger partial charge in [0.05, 0.1) is 0 Å². The van der Waals surface area contributed by atoms with Crippen molar-refractivity contribution in [3.63, 3.8) is 0 Å². The lowest BCUT2D eigenvalue weighted by atomic mass is 9.73. The Labute approximate surface area is 125 Å². The molecule has 112 valence electrons. The molecule has 3 unspecified atom stereocenters. The van der Waals surface area contributed by atoms with E-state index < -0.39 is 0 Å². The van der Waals surface area contributed by atoms with Crippen LogP contribution in [0.4, 0.5) is 0 Å². The Morgan fingerprint density at radius 2 is 1.85 bits per heavy atom. The van der Waals surface area contributed by atoms with Crippen molar-refractivity contribution in [2.75, 3.05) is 7.05 Å². The van der Waals surface area contributed by atoms with E-state index in [1.54, 1.807) is 0 Å². The van der Waals surface area contributed by atoms with Crippen molar-refractivity contribution in [1.29, 1.82) is 0 Å². The van der Waals surface area contributed by atoms with Gasteiger partial charge in [0.2, 0.25) is 0 Å². The minimum Gasteiger partial charge on any atom is -0.317 e. The van der Waals surface area contributed by atoms with Crippen LogP contribution in [-0.2, 0) is 6.42 Å². The first-order valence-electron chi connectivity index (χ1n) is 8.47. The zero-order valence-corrected chi connectivity index (χ0v) is 13.5. The van der Waals surface area contributed by atoms with Gasteiger partial charge in [-0.05, 0) is 50.6 Å². The predicted octanol–water partition coefficient (Wildman–Crippen LogP) is 4.73. The SMILES string of the molecule is CCC1CCCCC1C(CCc1ccc(C)cc1)NC. The van der Waals surface area contributed by atoms with Crippen molar-refractivity contribution < 1.29 is 0 Å². The fourth-order valence-corrected chi connectivity index (χ4v) is 3.92. The van der Waals surface area contributed by atoms with Gasteiger partial charge in [0.25, 0.3) is 0 Å². The summed E-state index contributed by atoms with van der Waals surface area (Å²) in [6, 6.07) is 9.75. The second kappa shape index (κ2) is 7.83. The van der Waals surface area contributed by atoms with E-state index >= 15 is 0 Å². The van der Waals surface area contributed by atoms with Crippen LogP contribution in [0.5, 0.6) is 0 Å². The Kier molecular flexibility index (Phi) is 6.09. The highest BCUT2D eigenvalue weighted by molar-refractivity contribution is 5.21. The molecule has 3 atom stereocenters. The quantitative estimate of drug-likeness (QED) is 0.790. The largest absolute Gasteiger partial charge is 0.317 e. The molecule has 1 saturated carbocycles. The highest BCUT2D eigenvalue weighted by Gasteiger charge is 2.29. The maximum atomic E-state index is 3.62. The van der Waals surface area contributed by atoms with E-state index in [0.717, 1.165) is 11.8 Å². The van der Waals surface area contributed by atoms with Gasteiger partial charge in [-0.3, -0.25) is 0 Å². The third-order valence-electron chi connectivity index (χ3n) is 5.24. The number of rotatable bonds is 6. The molecular formula is C19H31N. The van der Waals surface area contributed by atoms with Crippen molar-refractivity contribution in [2.24, 2.45) is 11.8 Å². The van der Waals surface area contributed by atoms with Crippen LogP contribution in [0.15, 0.2) is 24.3 Å². The van der Waals surface area contributed by atoms with E-state index in [1.165, 1.54) is 56.1 Å². The first-order chi connectivity index (χ1) is 9.74. The van der Waals surface area contributed by atoms with Gasteiger partial charge in [0.1, 0.15) is 0 Å². The minimum atomic E-state index is 0.696. The van der Waals surface area contributed by atoms with Crippen molar-refractivity contribution >= 4 is 0 Å². The summed E-state index contributed by atoms with van der Waals surface area (Å²) in [5, 5.41) is 3.62. The summed E-state index contributed by atoms with van der Waals surface area (Å²) in [6.07, 6.45) is 9.60. The van der Waals surface area contributed by atoms with Crippen molar-refractivity contribution in [1.82, 2.24) is 5.32 Å². The Balaban J connectivity index is 1.92. The molecule has 1 aromatic rings. The molecule has 1 fully saturated rings. The summed E-state index contributed by atoms with van der Waals surface area (Å²) in [7, 11) is 2.15. The average Bonchev–Trinajstić information content (AvgIpc) is 2.50. The van der Waals surface area contributed by atoms with E-state index in [2.05, 4.69) is 50.5 Å². The highest BCUT2D eigenvalue weighted by atomic mass is 14.9. The molecule has 1 aromatic carbocycles. The van der Waals surface area contributed by atoms with E-state index in [0.29, 0.717) is 6.04 Å². The number of benzene rings is 1. The molecule has 0 aromatic heterocycles.